The van der Waals surface area contributed by atoms with Crippen LogP contribution >= 0.6 is 23.3 Å². The third kappa shape index (κ3) is 7.07. The van der Waals surface area contributed by atoms with E-state index < -0.39 is 46.5 Å². The van der Waals surface area contributed by atoms with Crippen molar-refractivity contribution in [1.29, 1.82) is 5.41 Å². The third-order valence-electron chi connectivity index (χ3n) is 7.32. The molecule has 0 bridgehead atoms. The summed E-state index contributed by atoms with van der Waals surface area (Å²) in [5.41, 5.74) is 21.7. The summed E-state index contributed by atoms with van der Waals surface area (Å²) in [7, 11) is 1.67. The van der Waals surface area contributed by atoms with Gasteiger partial charge in [0.2, 0.25) is 23.3 Å². The summed E-state index contributed by atoms with van der Waals surface area (Å²) in [6.07, 6.45) is 3.04. The number of unbranched alkanes of at least 4 members (excludes halogenated alkanes) is 1. The lowest BCUT2D eigenvalue weighted by Gasteiger charge is -2.49. The number of nitrogens with one attached hydrogen (secondary N) is 2. The lowest BCUT2D eigenvalue weighted by atomic mass is 10.0. The van der Waals surface area contributed by atoms with E-state index in [0.29, 0.717) is 36.6 Å². The number of carboxylic acids is 2. The lowest BCUT2D eigenvalue weighted by Crippen LogP contribution is -2.71. The molecule has 0 aliphatic carbocycles. The van der Waals surface area contributed by atoms with Crippen LogP contribution in [-0.4, -0.2) is 100 Å². The maximum Gasteiger partial charge on any atom is 0.352 e. The van der Waals surface area contributed by atoms with Crippen LogP contribution < -0.4 is 37.8 Å². The molecule has 0 saturated carbocycles. The van der Waals surface area contributed by atoms with Gasteiger partial charge in [0.05, 0.1) is 7.05 Å². The van der Waals surface area contributed by atoms with E-state index in [1.807, 2.05) is 0 Å². The van der Waals surface area contributed by atoms with Crippen LogP contribution in [0.3, 0.4) is 0 Å². The Balaban J connectivity index is 1.57. The molecule has 20 nitrogen and oxygen atoms in total. The maximum absolute atomic E-state index is 13.3. The SMILES string of the molecule is Cn1c(N)c(N(CCCCN)C(=N)N)c[n+]1CC1=C(C(=O)O)N2C(=O)[C@@H](NC(=O)C(=NOC(C)(C)C(=O)O)c3nsc(N)n3)[C@H]2SC1. The first-order valence-corrected chi connectivity index (χ1v) is 15.9. The number of carboxylic acid groups (broad SMARTS) is 2. The molecule has 2 amide bonds. The highest BCUT2D eigenvalue weighted by atomic mass is 32.2. The van der Waals surface area contributed by atoms with Gasteiger partial charge in [0.15, 0.2) is 29.1 Å². The van der Waals surface area contributed by atoms with Crippen LogP contribution in [0, 0.1) is 5.41 Å². The molecule has 47 heavy (non-hydrogen) atoms. The summed E-state index contributed by atoms with van der Waals surface area (Å²) in [6.45, 7) is 3.35. The van der Waals surface area contributed by atoms with Crippen molar-refractivity contribution in [2.24, 2.45) is 23.7 Å². The quantitative estimate of drug-likeness (QED) is 0.0260. The number of amides is 2. The molecule has 0 radical (unpaired) electrons. The first-order chi connectivity index (χ1) is 22.1. The number of nitrogen functional groups attached to an aromatic ring is 2. The van der Waals surface area contributed by atoms with Crippen molar-refractivity contribution < 1.29 is 38.9 Å². The summed E-state index contributed by atoms with van der Waals surface area (Å²) in [4.78, 5) is 62.2. The molecule has 0 spiro atoms. The Hall–Kier alpha value is -4.96. The highest BCUT2D eigenvalue weighted by Gasteiger charge is 2.55. The van der Waals surface area contributed by atoms with Crippen molar-refractivity contribution in [3.05, 3.63) is 23.3 Å². The second kappa shape index (κ2) is 13.8. The lowest BCUT2D eigenvalue weighted by molar-refractivity contribution is -0.765. The number of anilines is 3. The number of β-lactam (4-membered cyclic amide) rings is 1. The molecule has 0 unspecified atom stereocenters. The third-order valence-corrected chi connectivity index (χ3v) is 9.21. The standard InChI is InChI=1S/C25H35N13O7S2/c1-25(2,22(43)44)45-33-13(17-32-24(30)47-34-17)18(39)31-14-19(40)38-15(21(41)42)11(10-46-20(14)38)8-36-9-12(16(27)35(36)3)37(23(28)29)7-5-4-6-26/h9,14,20,27H,4-8,10,26H2,1-3H3,(H8,28,29,30,31,32,34,39,41,42,43,44)/p+1/t14-,20-/m1/s1. The molecule has 4 rings (SSSR count). The zero-order chi connectivity index (χ0) is 34.8. The van der Waals surface area contributed by atoms with E-state index in [1.54, 1.807) is 22.6 Å². The second-order valence-corrected chi connectivity index (χ2v) is 12.9. The minimum atomic E-state index is -1.82. The van der Waals surface area contributed by atoms with Crippen molar-refractivity contribution in [1.82, 2.24) is 24.3 Å². The highest BCUT2D eigenvalue weighted by Crippen LogP contribution is 2.40. The Morgan fingerprint density at radius 1 is 1.30 bits per heavy atom. The topological polar surface area (TPSA) is 311 Å². The number of hydrogen-bond donors (Lipinski definition) is 8. The average Bonchev–Trinajstić information content (AvgIpc) is 3.55. The fraction of sp³-hybridized carbons (Fsp3) is 0.480. The number of oxime groups is 1. The summed E-state index contributed by atoms with van der Waals surface area (Å²) < 4.78 is 7.18. The minimum Gasteiger partial charge on any atom is -0.478 e. The Bertz CT molecular complexity index is 1670. The predicted octanol–water partition coefficient (Wildman–Crippen LogP) is -2.21. The number of hydrogen-bond acceptors (Lipinski definition) is 14. The molecule has 22 heteroatoms. The van der Waals surface area contributed by atoms with Gasteiger partial charge >= 0.3 is 11.9 Å². The molecule has 2 aromatic rings. The monoisotopic (exact) mass is 694 g/mol. The first-order valence-electron chi connectivity index (χ1n) is 14.1. The van der Waals surface area contributed by atoms with E-state index >= 15 is 0 Å². The Morgan fingerprint density at radius 2 is 2.00 bits per heavy atom. The van der Waals surface area contributed by atoms with Gasteiger partial charge in [0.25, 0.3) is 11.8 Å². The average molecular weight is 695 g/mol. The van der Waals surface area contributed by atoms with E-state index in [1.165, 1.54) is 30.5 Å². The van der Waals surface area contributed by atoms with Gasteiger partial charge in [-0.05, 0) is 33.2 Å². The highest BCUT2D eigenvalue weighted by molar-refractivity contribution is 8.00. The summed E-state index contributed by atoms with van der Waals surface area (Å²) >= 11 is 1.99. The number of guanidine groups is 1. The molecule has 2 aromatic heterocycles. The molecule has 4 heterocycles. The first kappa shape index (κ1) is 34.9. The van der Waals surface area contributed by atoms with Crippen molar-refractivity contribution in [2.45, 2.75) is 50.3 Å². The number of rotatable bonds is 14. The molecule has 254 valence electrons. The normalized spacial score (nSPS) is 18.0. The molecule has 1 saturated heterocycles. The molecule has 2 aliphatic rings. The number of aromatic nitrogens is 4. The summed E-state index contributed by atoms with van der Waals surface area (Å²) in [6, 6.07) is -1.15. The van der Waals surface area contributed by atoms with Crippen molar-refractivity contribution >= 4 is 75.4 Å². The number of carbonyl (C=O) groups excluding carboxylic acids is 2. The summed E-state index contributed by atoms with van der Waals surface area (Å²) in [5.74, 6) is -4.34. The fourth-order valence-corrected chi connectivity index (χ4v) is 6.44. The largest absolute Gasteiger partial charge is 0.478 e. The number of thioether (sulfide) groups is 1. The molecule has 12 N–H and O–H groups in total. The second-order valence-electron chi connectivity index (χ2n) is 11.0. The van der Waals surface area contributed by atoms with Gasteiger partial charge in [-0.3, -0.25) is 19.9 Å². The van der Waals surface area contributed by atoms with Crippen molar-refractivity contribution in [3.8, 4) is 0 Å². The van der Waals surface area contributed by atoms with Gasteiger partial charge in [-0.15, -0.1) is 21.1 Å². The Labute approximate surface area is 276 Å². The van der Waals surface area contributed by atoms with Crippen molar-refractivity contribution in [3.63, 3.8) is 0 Å². The van der Waals surface area contributed by atoms with Gasteiger partial charge in [0, 0.05) is 29.4 Å². The van der Waals surface area contributed by atoms with E-state index in [0.717, 1.165) is 22.9 Å². The molecular formula is C25H36N13O7S2+. The zero-order valence-electron chi connectivity index (χ0n) is 25.7. The van der Waals surface area contributed by atoms with Crippen LogP contribution in [0.25, 0.3) is 0 Å². The number of nitrogens with two attached hydrogens (primary N) is 4. The molecule has 0 aromatic carbocycles. The van der Waals surface area contributed by atoms with E-state index in [9.17, 15) is 29.4 Å². The van der Waals surface area contributed by atoms with Gasteiger partial charge < -0.3 is 48.2 Å². The smallest absolute Gasteiger partial charge is 0.352 e. The Morgan fingerprint density at radius 3 is 2.57 bits per heavy atom. The van der Waals surface area contributed by atoms with Crippen molar-refractivity contribution in [2.75, 3.05) is 35.2 Å². The van der Waals surface area contributed by atoms with E-state index in [-0.39, 0.29) is 34.9 Å². The van der Waals surface area contributed by atoms with Crippen LogP contribution in [0.15, 0.2) is 22.6 Å². The van der Waals surface area contributed by atoms with Crippen LogP contribution in [0.5, 0.6) is 0 Å². The zero-order valence-corrected chi connectivity index (χ0v) is 27.3. The van der Waals surface area contributed by atoms with E-state index in [4.69, 9.17) is 33.2 Å². The van der Waals surface area contributed by atoms with Gasteiger partial charge in [-0.1, -0.05) is 5.16 Å². The molecule has 2 atom stereocenters. The minimum absolute atomic E-state index is 0.000981. The maximum atomic E-state index is 13.3. The van der Waals surface area contributed by atoms with Crippen LogP contribution in [0.2, 0.25) is 0 Å². The van der Waals surface area contributed by atoms with Gasteiger partial charge in [-0.25, -0.2) is 9.59 Å². The van der Waals surface area contributed by atoms with Crippen LogP contribution in [0.4, 0.5) is 16.6 Å². The summed E-state index contributed by atoms with van der Waals surface area (Å²) in [5, 5.41) is 32.9. The molecule has 2 aliphatic heterocycles. The van der Waals surface area contributed by atoms with Crippen LogP contribution in [-0.2, 0) is 37.6 Å². The number of fused-ring (bicyclic) bond motifs is 1. The molecule has 1 fully saturated rings. The van der Waals surface area contributed by atoms with Gasteiger partial charge in [0.1, 0.15) is 17.1 Å². The van der Waals surface area contributed by atoms with Crippen LogP contribution in [0.1, 0.15) is 32.5 Å². The fourth-order valence-electron chi connectivity index (χ4n) is 4.67. The number of nitrogens with zero attached hydrogens (tertiary/aromatic N) is 7. The number of carbonyl (C=O) groups is 4. The van der Waals surface area contributed by atoms with E-state index in [2.05, 4.69) is 19.8 Å². The molecular weight excluding hydrogens is 658 g/mol. The van der Waals surface area contributed by atoms with Gasteiger partial charge in [-0.2, -0.15) is 9.36 Å². The Kier molecular flexibility index (Phi) is 10.3. The predicted molar refractivity (Wildman–Crippen MR) is 171 cm³/mol. The number of aliphatic carboxylic acids is 2.